The number of phenols is 1. The number of fused-ring (bicyclic) bond motifs is 1. The predicted molar refractivity (Wildman–Crippen MR) is 83.6 cm³/mol. The molecule has 104 valence electrons. The lowest BCUT2D eigenvalue weighted by atomic mass is 9.68. The Labute approximate surface area is 125 Å². The van der Waals surface area contributed by atoms with Crippen molar-refractivity contribution in [2.75, 3.05) is 5.88 Å². The zero-order valence-corrected chi connectivity index (χ0v) is 12.2. The van der Waals surface area contributed by atoms with Crippen LogP contribution in [0.25, 0.3) is 0 Å². The van der Waals surface area contributed by atoms with Gasteiger partial charge < -0.3 is 5.11 Å². The highest BCUT2D eigenvalue weighted by atomic mass is 35.5. The van der Waals surface area contributed by atoms with Crippen molar-refractivity contribution in [2.24, 2.45) is 0 Å². The first-order chi connectivity index (χ1) is 9.73. The van der Waals surface area contributed by atoms with E-state index in [2.05, 4.69) is 24.3 Å². The molecule has 1 unspecified atom stereocenters. The number of benzene rings is 2. The summed E-state index contributed by atoms with van der Waals surface area (Å²) < 4.78 is 0. The second-order valence-corrected chi connectivity index (χ2v) is 6.04. The van der Waals surface area contributed by atoms with Gasteiger partial charge in [-0.15, -0.1) is 11.6 Å². The van der Waals surface area contributed by atoms with Gasteiger partial charge in [0.15, 0.2) is 0 Å². The average Bonchev–Trinajstić information content (AvgIpc) is 2.50. The fourth-order valence-corrected chi connectivity index (χ4v) is 3.75. The summed E-state index contributed by atoms with van der Waals surface area (Å²) in [5.41, 5.74) is 4.13. The smallest absolute Gasteiger partial charge is 0.115 e. The van der Waals surface area contributed by atoms with E-state index in [0.717, 1.165) is 19.3 Å². The first-order valence-electron chi connectivity index (χ1n) is 7.16. The molecule has 0 radical (unpaired) electrons. The average molecular weight is 287 g/mol. The molecule has 1 aliphatic carbocycles. The Bertz CT molecular complexity index is 591. The van der Waals surface area contributed by atoms with Gasteiger partial charge in [0, 0.05) is 11.3 Å². The Kier molecular flexibility index (Phi) is 3.71. The van der Waals surface area contributed by atoms with Crippen molar-refractivity contribution in [3.63, 3.8) is 0 Å². The van der Waals surface area contributed by atoms with Crippen LogP contribution in [0.3, 0.4) is 0 Å². The normalized spacial score (nSPS) is 21.4. The first kappa shape index (κ1) is 13.5. The quantitative estimate of drug-likeness (QED) is 0.827. The van der Waals surface area contributed by atoms with Crippen molar-refractivity contribution in [2.45, 2.75) is 31.1 Å². The summed E-state index contributed by atoms with van der Waals surface area (Å²) in [5, 5.41) is 9.42. The van der Waals surface area contributed by atoms with Crippen LogP contribution in [-0.2, 0) is 18.3 Å². The molecule has 0 bridgehead atoms. The lowest BCUT2D eigenvalue weighted by Gasteiger charge is -2.38. The molecule has 0 spiro atoms. The van der Waals surface area contributed by atoms with Gasteiger partial charge in [-0.2, -0.15) is 0 Å². The molecule has 3 rings (SSSR count). The van der Waals surface area contributed by atoms with Crippen LogP contribution < -0.4 is 0 Å². The minimum absolute atomic E-state index is 0.0351. The van der Waals surface area contributed by atoms with E-state index in [1.807, 2.05) is 12.1 Å². The number of phenolic OH excluding ortho intramolecular Hbond substituents is 1. The van der Waals surface area contributed by atoms with E-state index >= 15 is 0 Å². The van der Waals surface area contributed by atoms with Crippen molar-refractivity contribution in [3.05, 3.63) is 65.2 Å². The Hall–Kier alpha value is -1.47. The van der Waals surface area contributed by atoms with E-state index in [4.69, 9.17) is 11.6 Å². The number of hydrogen-bond acceptors (Lipinski definition) is 1. The minimum atomic E-state index is 0.0351. The zero-order valence-electron chi connectivity index (χ0n) is 11.5. The van der Waals surface area contributed by atoms with Crippen molar-refractivity contribution in [3.8, 4) is 5.75 Å². The van der Waals surface area contributed by atoms with Gasteiger partial charge in [-0.25, -0.2) is 0 Å². The van der Waals surface area contributed by atoms with Crippen LogP contribution in [0, 0.1) is 0 Å². The second kappa shape index (κ2) is 5.49. The van der Waals surface area contributed by atoms with E-state index in [1.54, 1.807) is 12.1 Å². The molecule has 0 saturated heterocycles. The van der Waals surface area contributed by atoms with Gasteiger partial charge in [0.05, 0.1) is 0 Å². The molecule has 1 nitrogen and oxygen atoms in total. The monoisotopic (exact) mass is 286 g/mol. The van der Waals surface area contributed by atoms with Gasteiger partial charge in [-0.3, -0.25) is 0 Å². The van der Waals surface area contributed by atoms with Crippen LogP contribution >= 0.6 is 11.6 Å². The number of alkyl halides is 1. The van der Waals surface area contributed by atoms with Crippen LogP contribution in [0.1, 0.15) is 29.5 Å². The van der Waals surface area contributed by atoms with E-state index < -0.39 is 0 Å². The summed E-state index contributed by atoms with van der Waals surface area (Å²) in [6.45, 7) is 0. The van der Waals surface area contributed by atoms with Gasteiger partial charge in [-0.1, -0.05) is 36.4 Å². The molecule has 2 aromatic rings. The summed E-state index contributed by atoms with van der Waals surface area (Å²) in [5.74, 6) is 0.961. The molecule has 0 fully saturated rings. The van der Waals surface area contributed by atoms with Crippen LogP contribution in [0.15, 0.2) is 48.5 Å². The van der Waals surface area contributed by atoms with E-state index in [1.165, 1.54) is 23.1 Å². The van der Waals surface area contributed by atoms with Crippen molar-refractivity contribution in [1.29, 1.82) is 0 Å². The van der Waals surface area contributed by atoms with Crippen molar-refractivity contribution in [1.82, 2.24) is 0 Å². The van der Waals surface area contributed by atoms with Gasteiger partial charge in [0.1, 0.15) is 5.75 Å². The number of hydrogen-bond donors (Lipinski definition) is 1. The summed E-state index contributed by atoms with van der Waals surface area (Å²) in [7, 11) is 0. The maximum absolute atomic E-state index is 9.42. The molecule has 0 aliphatic heterocycles. The summed E-state index contributed by atoms with van der Waals surface area (Å²) in [6.07, 6.45) is 4.42. The van der Waals surface area contributed by atoms with E-state index in [9.17, 15) is 5.11 Å². The topological polar surface area (TPSA) is 20.2 Å². The number of rotatable bonds is 3. The van der Waals surface area contributed by atoms with Gasteiger partial charge in [0.2, 0.25) is 0 Å². The maximum atomic E-state index is 9.42. The molecular formula is C18H19ClO. The number of halogens is 1. The van der Waals surface area contributed by atoms with Crippen LogP contribution in [0.4, 0.5) is 0 Å². The number of aromatic hydroxyl groups is 1. The van der Waals surface area contributed by atoms with Crippen molar-refractivity contribution < 1.29 is 5.11 Å². The molecule has 1 aliphatic rings. The fraction of sp³-hybridized carbons (Fsp3) is 0.333. The molecule has 2 aromatic carbocycles. The summed E-state index contributed by atoms with van der Waals surface area (Å²) in [6, 6.07) is 16.2. The molecule has 0 amide bonds. The van der Waals surface area contributed by atoms with Crippen molar-refractivity contribution >= 4 is 11.6 Å². The van der Waals surface area contributed by atoms with Gasteiger partial charge in [-0.05, 0) is 54.5 Å². The fourth-order valence-electron chi connectivity index (χ4n) is 3.38. The van der Waals surface area contributed by atoms with Crippen LogP contribution in [-0.4, -0.2) is 11.0 Å². The van der Waals surface area contributed by atoms with Crippen LogP contribution in [0.2, 0.25) is 0 Å². The highest BCUT2D eigenvalue weighted by Gasteiger charge is 2.35. The lowest BCUT2D eigenvalue weighted by Crippen LogP contribution is -2.35. The Morgan fingerprint density at radius 3 is 2.55 bits per heavy atom. The molecular weight excluding hydrogens is 268 g/mol. The molecule has 0 saturated carbocycles. The van der Waals surface area contributed by atoms with Gasteiger partial charge in [0.25, 0.3) is 0 Å². The largest absolute Gasteiger partial charge is 0.508 e. The zero-order chi connectivity index (χ0) is 14.0. The third kappa shape index (κ3) is 2.43. The summed E-state index contributed by atoms with van der Waals surface area (Å²) in [4.78, 5) is 0. The van der Waals surface area contributed by atoms with Gasteiger partial charge >= 0.3 is 0 Å². The minimum Gasteiger partial charge on any atom is -0.508 e. The third-order valence-corrected chi connectivity index (χ3v) is 4.94. The summed E-state index contributed by atoms with van der Waals surface area (Å²) >= 11 is 6.40. The highest BCUT2D eigenvalue weighted by Crippen LogP contribution is 2.41. The predicted octanol–water partition coefficient (Wildman–Crippen LogP) is 4.45. The Morgan fingerprint density at radius 1 is 1.05 bits per heavy atom. The van der Waals surface area contributed by atoms with Crippen LogP contribution in [0.5, 0.6) is 5.75 Å². The first-order valence-corrected chi connectivity index (χ1v) is 7.69. The van der Waals surface area contributed by atoms with E-state index in [-0.39, 0.29) is 5.41 Å². The molecule has 1 N–H and O–H groups in total. The molecule has 0 heterocycles. The second-order valence-electron chi connectivity index (χ2n) is 5.77. The van der Waals surface area contributed by atoms with E-state index in [0.29, 0.717) is 11.6 Å². The molecule has 2 heteroatoms. The molecule has 0 aromatic heterocycles. The standard InChI is InChI=1S/C18H19ClO/c19-13-18(12-14-7-9-16(20)10-8-14)11-3-5-15-4-1-2-6-17(15)18/h1-2,4,6-10,20H,3,5,11-13H2. The Morgan fingerprint density at radius 2 is 1.80 bits per heavy atom. The third-order valence-electron chi connectivity index (χ3n) is 4.42. The Balaban J connectivity index is 1.98. The highest BCUT2D eigenvalue weighted by molar-refractivity contribution is 6.18. The molecule has 1 atom stereocenters. The number of aryl methyl sites for hydroxylation is 1. The SMILES string of the molecule is Oc1ccc(CC2(CCl)CCCc3ccccc32)cc1. The molecule has 20 heavy (non-hydrogen) atoms. The maximum Gasteiger partial charge on any atom is 0.115 e. The lowest BCUT2D eigenvalue weighted by molar-refractivity contribution is 0.396.